The zero-order chi connectivity index (χ0) is 17.8. The highest BCUT2D eigenvalue weighted by atomic mass is 16.5. The van der Waals surface area contributed by atoms with E-state index in [4.69, 9.17) is 4.74 Å². The van der Waals surface area contributed by atoms with E-state index >= 15 is 0 Å². The summed E-state index contributed by atoms with van der Waals surface area (Å²) in [5, 5.41) is 13.1. The zero-order valence-corrected chi connectivity index (χ0v) is 14.6. The minimum absolute atomic E-state index is 0.128. The maximum absolute atomic E-state index is 9.80. The van der Waals surface area contributed by atoms with Gasteiger partial charge >= 0.3 is 0 Å². The Hall–Kier alpha value is -2.68. The average molecular weight is 325 g/mol. The second-order valence-electron chi connectivity index (χ2n) is 5.48. The van der Waals surface area contributed by atoms with Crippen molar-refractivity contribution in [3.8, 4) is 11.5 Å². The van der Waals surface area contributed by atoms with Gasteiger partial charge in [0.2, 0.25) is 0 Å². The first-order chi connectivity index (χ1) is 11.6. The Balaban J connectivity index is 2.70. The highest BCUT2D eigenvalue weighted by Crippen LogP contribution is 2.30. The van der Waals surface area contributed by atoms with E-state index in [-0.39, 0.29) is 5.75 Å². The summed E-state index contributed by atoms with van der Waals surface area (Å²) in [6, 6.07) is 5.28. The van der Waals surface area contributed by atoms with E-state index in [1.165, 1.54) is 5.57 Å². The molecule has 0 aliphatic rings. The number of para-hydroxylation sites is 1. The van der Waals surface area contributed by atoms with E-state index in [2.05, 4.69) is 18.5 Å². The lowest BCUT2D eigenvalue weighted by Crippen LogP contribution is -2.06. The fourth-order valence-corrected chi connectivity index (χ4v) is 2.12. The van der Waals surface area contributed by atoms with Gasteiger partial charge in [-0.05, 0) is 43.7 Å². The van der Waals surface area contributed by atoms with Crippen molar-refractivity contribution in [1.82, 2.24) is 5.32 Å². The summed E-state index contributed by atoms with van der Waals surface area (Å²) >= 11 is 0. The second-order valence-corrected chi connectivity index (χ2v) is 5.48. The predicted molar refractivity (Wildman–Crippen MR) is 103 cm³/mol. The van der Waals surface area contributed by atoms with Crippen molar-refractivity contribution in [3.05, 3.63) is 78.6 Å². The number of benzene rings is 1. The van der Waals surface area contributed by atoms with Crippen LogP contribution >= 0.6 is 0 Å². The van der Waals surface area contributed by atoms with Gasteiger partial charge < -0.3 is 15.2 Å². The minimum Gasteiger partial charge on any atom is -0.504 e. The molecule has 1 aromatic rings. The molecule has 24 heavy (non-hydrogen) atoms. The van der Waals surface area contributed by atoms with Crippen LogP contribution in [0.5, 0.6) is 11.5 Å². The van der Waals surface area contributed by atoms with Gasteiger partial charge in [-0.25, -0.2) is 0 Å². The van der Waals surface area contributed by atoms with Crippen molar-refractivity contribution < 1.29 is 9.84 Å². The third-order valence-corrected chi connectivity index (χ3v) is 3.31. The highest BCUT2D eigenvalue weighted by Gasteiger charge is 2.04. The largest absolute Gasteiger partial charge is 0.504 e. The van der Waals surface area contributed by atoms with Crippen molar-refractivity contribution >= 4 is 6.08 Å². The van der Waals surface area contributed by atoms with Crippen LogP contribution in [-0.2, 0) is 0 Å². The van der Waals surface area contributed by atoms with E-state index in [1.807, 2.05) is 43.5 Å². The maximum Gasteiger partial charge on any atom is 0.167 e. The highest BCUT2D eigenvalue weighted by molar-refractivity contribution is 5.64. The minimum atomic E-state index is 0.128. The molecule has 0 saturated carbocycles. The molecule has 0 saturated heterocycles. The molecular formula is C21H27NO2. The summed E-state index contributed by atoms with van der Waals surface area (Å²) in [7, 11) is 1.54. The number of phenols is 1. The normalized spacial score (nSPS) is 11.8. The summed E-state index contributed by atoms with van der Waals surface area (Å²) in [5.41, 5.74) is 3.01. The molecule has 0 spiro atoms. The van der Waals surface area contributed by atoms with Gasteiger partial charge in [-0.2, -0.15) is 0 Å². The first kappa shape index (κ1) is 19.4. The van der Waals surface area contributed by atoms with Crippen LogP contribution in [0.2, 0.25) is 0 Å². The van der Waals surface area contributed by atoms with Gasteiger partial charge in [0.25, 0.3) is 0 Å². The zero-order valence-electron chi connectivity index (χ0n) is 14.6. The first-order valence-corrected chi connectivity index (χ1v) is 7.99. The summed E-state index contributed by atoms with van der Waals surface area (Å²) in [4.78, 5) is 0. The lowest BCUT2D eigenvalue weighted by Gasteiger charge is -2.06. The molecule has 0 atom stereocenters. The van der Waals surface area contributed by atoms with Crippen LogP contribution in [-0.4, -0.2) is 18.8 Å². The Morgan fingerprint density at radius 2 is 2.12 bits per heavy atom. The third-order valence-electron chi connectivity index (χ3n) is 3.31. The maximum atomic E-state index is 9.80. The van der Waals surface area contributed by atoms with Crippen LogP contribution in [0.15, 0.2) is 73.0 Å². The van der Waals surface area contributed by atoms with Gasteiger partial charge in [0, 0.05) is 12.1 Å². The lowest BCUT2D eigenvalue weighted by molar-refractivity contribution is 0.372. The Labute approximate surface area is 145 Å². The summed E-state index contributed by atoms with van der Waals surface area (Å²) in [6.07, 6.45) is 13.5. The van der Waals surface area contributed by atoms with Crippen molar-refractivity contribution in [2.45, 2.75) is 19.8 Å². The number of allylic oxidation sites excluding steroid dienone is 6. The molecule has 0 unspecified atom stereocenters. The van der Waals surface area contributed by atoms with Crippen molar-refractivity contribution in [1.29, 1.82) is 0 Å². The van der Waals surface area contributed by atoms with Gasteiger partial charge in [0.05, 0.1) is 7.11 Å². The number of ether oxygens (including phenoxy) is 1. The topological polar surface area (TPSA) is 41.5 Å². The van der Waals surface area contributed by atoms with Crippen LogP contribution in [0.4, 0.5) is 0 Å². The van der Waals surface area contributed by atoms with Crippen LogP contribution in [0, 0.1) is 0 Å². The molecule has 0 fully saturated rings. The van der Waals surface area contributed by atoms with Gasteiger partial charge in [0.1, 0.15) is 0 Å². The first-order valence-electron chi connectivity index (χ1n) is 7.99. The van der Waals surface area contributed by atoms with Gasteiger partial charge in [-0.3, -0.25) is 0 Å². The number of aromatic hydroxyl groups is 1. The molecule has 3 nitrogen and oxygen atoms in total. The Kier molecular flexibility index (Phi) is 8.84. The monoisotopic (exact) mass is 325 g/mol. The molecule has 0 aromatic heterocycles. The van der Waals surface area contributed by atoms with E-state index in [0.717, 1.165) is 30.5 Å². The molecule has 0 aliphatic heterocycles. The SMILES string of the molecule is C=C/C=C(\C=C/NCCCC(=C)C)/C=C/c1cccc(O)c1OC. The standard InChI is InChI=1S/C21H27NO2/c1-5-8-18(14-16-22-15-7-9-17(2)3)12-13-19-10-6-11-20(23)21(19)24-4/h5-6,8,10-14,16,22-23H,1-2,7,9,15H2,3-4H3/b13-12+,16-14-,18-8-. The van der Waals surface area contributed by atoms with E-state index in [0.29, 0.717) is 5.75 Å². The molecule has 0 aliphatic carbocycles. The molecule has 2 N–H and O–H groups in total. The molecular weight excluding hydrogens is 298 g/mol. The Morgan fingerprint density at radius 3 is 2.79 bits per heavy atom. The smallest absolute Gasteiger partial charge is 0.167 e. The molecule has 0 heterocycles. The lowest BCUT2D eigenvalue weighted by atomic mass is 10.1. The molecule has 1 aromatic carbocycles. The van der Waals surface area contributed by atoms with Crippen molar-refractivity contribution in [2.24, 2.45) is 0 Å². The molecule has 128 valence electrons. The van der Waals surface area contributed by atoms with E-state index in [9.17, 15) is 5.11 Å². The van der Waals surface area contributed by atoms with Crippen LogP contribution < -0.4 is 10.1 Å². The number of hydrogen-bond acceptors (Lipinski definition) is 3. The fourth-order valence-electron chi connectivity index (χ4n) is 2.12. The number of hydrogen-bond donors (Lipinski definition) is 2. The average Bonchev–Trinajstić information content (AvgIpc) is 2.55. The van der Waals surface area contributed by atoms with Crippen LogP contribution in [0.1, 0.15) is 25.3 Å². The molecule has 0 radical (unpaired) electrons. The van der Waals surface area contributed by atoms with Crippen molar-refractivity contribution in [3.63, 3.8) is 0 Å². The van der Waals surface area contributed by atoms with Gasteiger partial charge in [-0.15, -0.1) is 6.58 Å². The van der Waals surface area contributed by atoms with Gasteiger partial charge in [-0.1, -0.05) is 48.6 Å². The second kappa shape index (κ2) is 10.9. The number of nitrogens with one attached hydrogen (secondary N) is 1. The Morgan fingerprint density at radius 1 is 1.33 bits per heavy atom. The van der Waals surface area contributed by atoms with E-state index in [1.54, 1.807) is 25.3 Å². The predicted octanol–water partition coefficient (Wildman–Crippen LogP) is 4.99. The van der Waals surface area contributed by atoms with Gasteiger partial charge in [0.15, 0.2) is 11.5 Å². The van der Waals surface area contributed by atoms with E-state index < -0.39 is 0 Å². The van der Waals surface area contributed by atoms with Crippen LogP contribution in [0.25, 0.3) is 6.08 Å². The molecule has 3 heteroatoms. The summed E-state index contributed by atoms with van der Waals surface area (Å²) in [6.45, 7) is 10.6. The number of rotatable bonds is 10. The third kappa shape index (κ3) is 7.05. The summed E-state index contributed by atoms with van der Waals surface area (Å²) in [5.74, 6) is 0.595. The molecule has 0 amide bonds. The number of phenolic OH excluding ortho intramolecular Hbond substituents is 1. The fraction of sp³-hybridized carbons (Fsp3) is 0.238. The summed E-state index contributed by atoms with van der Waals surface area (Å²) < 4.78 is 5.23. The molecule has 0 bridgehead atoms. The quantitative estimate of drug-likeness (QED) is 0.362. The van der Waals surface area contributed by atoms with Crippen LogP contribution in [0.3, 0.4) is 0 Å². The number of methoxy groups -OCH3 is 1. The Bertz CT molecular complexity index is 639. The van der Waals surface area contributed by atoms with Crippen molar-refractivity contribution in [2.75, 3.05) is 13.7 Å². The molecule has 1 rings (SSSR count).